The molecule has 1 heterocycles. The van der Waals surface area contributed by atoms with Crippen molar-refractivity contribution in [2.24, 2.45) is 5.92 Å². The van der Waals surface area contributed by atoms with Gasteiger partial charge in [-0.3, -0.25) is 9.59 Å². The summed E-state index contributed by atoms with van der Waals surface area (Å²) < 4.78 is 0. The van der Waals surface area contributed by atoms with Crippen molar-refractivity contribution in [2.45, 2.75) is 52.9 Å². The van der Waals surface area contributed by atoms with E-state index in [1.807, 2.05) is 43.3 Å². The standard InChI is InChI=1S/C24H30N2O2/c1-5-16(3)20-12-7-8-13-21(20)26-15-19(14-22(26)27)24(28)25-23-17(4)10-9-11-18(23)6-2/h7-13,16,19H,5-6,14-15H2,1-4H3,(H,25,28). The molecule has 2 unspecified atom stereocenters. The number of aryl methyl sites for hydroxylation is 2. The number of carbonyl (C=O) groups is 2. The van der Waals surface area contributed by atoms with E-state index in [2.05, 4.69) is 32.2 Å². The Morgan fingerprint density at radius 1 is 1.18 bits per heavy atom. The van der Waals surface area contributed by atoms with Gasteiger partial charge in [-0.15, -0.1) is 0 Å². The fourth-order valence-electron chi connectivity index (χ4n) is 3.91. The van der Waals surface area contributed by atoms with Crippen LogP contribution in [0.15, 0.2) is 42.5 Å². The molecule has 1 aliphatic heterocycles. The van der Waals surface area contributed by atoms with Crippen molar-refractivity contribution in [3.05, 3.63) is 59.2 Å². The van der Waals surface area contributed by atoms with Crippen LogP contribution in [0, 0.1) is 12.8 Å². The van der Waals surface area contributed by atoms with Crippen LogP contribution in [0.1, 0.15) is 56.2 Å². The molecule has 0 radical (unpaired) electrons. The second kappa shape index (κ2) is 8.59. The normalized spacial score (nSPS) is 17.6. The maximum Gasteiger partial charge on any atom is 0.229 e. The first-order valence-electron chi connectivity index (χ1n) is 10.2. The second-order valence-corrected chi connectivity index (χ2v) is 7.73. The van der Waals surface area contributed by atoms with E-state index in [1.54, 1.807) is 4.90 Å². The van der Waals surface area contributed by atoms with Gasteiger partial charge in [0.05, 0.1) is 5.92 Å². The Balaban J connectivity index is 1.80. The van der Waals surface area contributed by atoms with Crippen LogP contribution in [0.4, 0.5) is 11.4 Å². The molecule has 1 aliphatic rings. The monoisotopic (exact) mass is 378 g/mol. The Morgan fingerprint density at radius 3 is 2.64 bits per heavy atom. The highest BCUT2D eigenvalue weighted by atomic mass is 16.2. The minimum atomic E-state index is -0.332. The van der Waals surface area contributed by atoms with Gasteiger partial charge in [0, 0.05) is 24.3 Å². The molecule has 148 valence electrons. The van der Waals surface area contributed by atoms with E-state index in [0.29, 0.717) is 12.5 Å². The molecular weight excluding hydrogens is 348 g/mol. The second-order valence-electron chi connectivity index (χ2n) is 7.73. The van der Waals surface area contributed by atoms with Crippen LogP contribution in [0.5, 0.6) is 0 Å². The number of benzene rings is 2. The molecule has 1 saturated heterocycles. The number of hydrogen-bond acceptors (Lipinski definition) is 2. The van der Waals surface area contributed by atoms with Crippen molar-refractivity contribution in [2.75, 3.05) is 16.8 Å². The van der Waals surface area contributed by atoms with Crippen molar-refractivity contribution >= 4 is 23.2 Å². The van der Waals surface area contributed by atoms with Crippen molar-refractivity contribution in [1.29, 1.82) is 0 Å². The van der Waals surface area contributed by atoms with E-state index >= 15 is 0 Å². The van der Waals surface area contributed by atoms with E-state index in [9.17, 15) is 9.59 Å². The Labute approximate surface area is 167 Å². The summed E-state index contributed by atoms with van der Waals surface area (Å²) in [6, 6.07) is 14.1. The van der Waals surface area contributed by atoms with Gasteiger partial charge < -0.3 is 10.2 Å². The van der Waals surface area contributed by atoms with Crippen LogP contribution >= 0.6 is 0 Å². The fourth-order valence-corrected chi connectivity index (χ4v) is 3.91. The maximum absolute atomic E-state index is 12.9. The molecule has 3 rings (SSSR count). The van der Waals surface area contributed by atoms with Crippen LogP contribution < -0.4 is 10.2 Å². The van der Waals surface area contributed by atoms with Crippen LogP contribution in [0.3, 0.4) is 0 Å². The predicted octanol–water partition coefficient (Wildman–Crippen LogP) is 5.06. The average molecular weight is 379 g/mol. The summed E-state index contributed by atoms with van der Waals surface area (Å²) >= 11 is 0. The zero-order valence-electron chi connectivity index (χ0n) is 17.3. The number of para-hydroxylation sites is 2. The van der Waals surface area contributed by atoms with Gasteiger partial charge >= 0.3 is 0 Å². The molecule has 1 N–H and O–H groups in total. The van der Waals surface area contributed by atoms with Gasteiger partial charge in [0.25, 0.3) is 0 Å². The van der Waals surface area contributed by atoms with Crippen LogP contribution in [0.2, 0.25) is 0 Å². The summed E-state index contributed by atoms with van der Waals surface area (Å²) in [5.41, 5.74) is 5.18. The third-order valence-corrected chi connectivity index (χ3v) is 5.85. The van der Waals surface area contributed by atoms with Crippen molar-refractivity contribution in [3.63, 3.8) is 0 Å². The molecule has 2 amide bonds. The molecule has 28 heavy (non-hydrogen) atoms. The van der Waals surface area contributed by atoms with Gasteiger partial charge in [-0.05, 0) is 48.4 Å². The third kappa shape index (κ3) is 3.96. The molecule has 0 saturated carbocycles. The topological polar surface area (TPSA) is 49.4 Å². The number of anilines is 2. The highest BCUT2D eigenvalue weighted by Crippen LogP contribution is 2.34. The van der Waals surface area contributed by atoms with E-state index in [4.69, 9.17) is 0 Å². The number of nitrogens with one attached hydrogen (secondary N) is 1. The summed E-state index contributed by atoms with van der Waals surface area (Å²) in [7, 11) is 0. The van der Waals surface area contributed by atoms with E-state index in [1.165, 1.54) is 5.56 Å². The molecule has 1 fully saturated rings. The summed E-state index contributed by atoms with van der Waals surface area (Å²) in [4.78, 5) is 27.5. The average Bonchev–Trinajstić information content (AvgIpc) is 3.10. The zero-order valence-corrected chi connectivity index (χ0v) is 17.3. The summed E-state index contributed by atoms with van der Waals surface area (Å²) in [5.74, 6) is -0.00460. The fraction of sp³-hybridized carbons (Fsp3) is 0.417. The number of hydrogen-bond donors (Lipinski definition) is 1. The summed E-state index contributed by atoms with van der Waals surface area (Å²) in [6.45, 7) is 8.84. The molecule has 2 aromatic carbocycles. The van der Waals surface area contributed by atoms with Gasteiger partial charge in [0.15, 0.2) is 0 Å². The smallest absolute Gasteiger partial charge is 0.229 e. The lowest BCUT2D eigenvalue weighted by atomic mass is 9.96. The number of carbonyl (C=O) groups excluding carboxylic acids is 2. The minimum absolute atomic E-state index is 0.0244. The maximum atomic E-state index is 12.9. The summed E-state index contributed by atoms with van der Waals surface area (Å²) in [6.07, 6.45) is 2.12. The highest BCUT2D eigenvalue weighted by molar-refractivity contribution is 6.04. The largest absolute Gasteiger partial charge is 0.325 e. The Kier molecular flexibility index (Phi) is 6.18. The molecule has 2 atom stereocenters. The van der Waals surface area contributed by atoms with Crippen LogP contribution in [0.25, 0.3) is 0 Å². The summed E-state index contributed by atoms with van der Waals surface area (Å²) in [5, 5.41) is 3.09. The molecule has 4 heteroatoms. The SMILES string of the molecule is CCc1cccc(C)c1NC(=O)C1CC(=O)N(c2ccccc2C(C)CC)C1. The molecule has 0 spiro atoms. The highest BCUT2D eigenvalue weighted by Gasteiger charge is 2.36. The molecular formula is C24H30N2O2. The lowest BCUT2D eigenvalue weighted by Crippen LogP contribution is -2.29. The molecule has 0 aromatic heterocycles. The van der Waals surface area contributed by atoms with Gasteiger partial charge in [-0.1, -0.05) is 57.2 Å². The predicted molar refractivity (Wildman–Crippen MR) is 115 cm³/mol. The lowest BCUT2D eigenvalue weighted by Gasteiger charge is -2.23. The number of nitrogens with zero attached hydrogens (tertiary/aromatic N) is 1. The van der Waals surface area contributed by atoms with Crippen molar-refractivity contribution < 1.29 is 9.59 Å². The minimum Gasteiger partial charge on any atom is -0.325 e. The number of amides is 2. The Morgan fingerprint density at radius 2 is 1.93 bits per heavy atom. The van der Waals surface area contributed by atoms with Crippen molar-refractivity contribution in [1.82, 2.24) is 0 Å². The van der Waals surface area contributed by atoms with E-state index < -0.39 is 0 Å². The zero-order chi connectivity index (χ0) is 20.3. The Bertz CT molecular complexity index is 875. The van der Waals surface area contributed by atoms with E-state index in [-0.39, 0.29) is 24.2 Å². The van der Waals surface area contributed by atoms with Gasteiger partial charge in [-0.2, -0.15) is 0 Å². The number of rotatable bonds is 6. The lowest BCUT2D eigenvalue weighted by molar-refractivity contribution is -0.122. The first kappa shape index (κ1) is 20.1. The molecule has 2 aromatic rings. The molecule has 0 bridgehead atoms. The first-order chi connectivity index (χ1) is 13.5. The van der Waals surface area contributed by atoms with Crippen molar-refractivity contribution in [3.8, 4) is 0 Å². The molecule has 0 aliphatic carbocycles. The third-order valence-electron chi connectivity index (χ3n) is 5.85. The van der Waals surface area contributed by atoms with Gasteiger partial charge in [-0.25, -0.2) is 0 Å². The van der Waals surface area contributed by atoms with E-state index in [0.717, 1.165) is 35.3 Å². The molecule has 4 nitrogen and oxygen atoms in total. The Hall–Kier alpha value is -2.62. The van der Waals surface area contributed by atoms with Crippen LogP contribution in [-0.2, 0) is 16.0 Å². The first-order valence-corrected chi connectivity index (χ1v) is 10.2. The quantitative estimate of drug-likeness (QED) is 0.763. The van der Waals surface area contributed by atoms with Gasteiger partial charge in [0.2, 0.25) is 11.8 Å². The van der Waals surface area contributed by atoms with Gasteiger partial charge in [0.1, 0.15) is 0 Å². The van der Waals surface area contributed by atoms with Crippen LogP contribution in [-0.4, -0.2) is 18.4 Å².